The van der Waals surface area contributed by atoms with Crippen LogP contribution in [-0.2, 0) is 38.0 Å². The Hall–Kier alpha value is -1.57. The fourth-order valence-corrected chi connectivity index (χ4v) is 10.5. The summed E-state index contributed by atoms with van der Waals surface area (Å²) in [5, 5.41) is 0. The summed E-state index contributed by atoms with van der Waals surface area (Å²) in [4.78, 5) is 23.4. The van der Waals surface area contributed by atoms with Crippen LogP contribution in [0.1, 0.15) is 201 Å². The molecule has 0 aliphatic heterocycles. The first-order valence-corrected chi connectivity index (χ1v) is 26.2. The monoisotopic (exact) mass is 921 g/mol. The quantitative estimate of drug-likeness (QED) is 0.0207. The number of unbranched alkanes of at least 4 members (excludes halogenated alkanes) is 2. The van der Waals surface area contributed by atoms with Crippen molar-refractivity contribution in [3.8, 4) is 0 Å². The zero-order valence-electron chi connectivity index (χ0n) is 44.7. The lowest BCUT2D eigenvalue weighted by atomic mass is 9.62. The van der Waals surface area contributed by atoms with Crippen molar-refractivity contribution in [3.05, 3.63) is 38.0 Å². The van der Waals surface area contributed by atoms with E-state index in [-0.39, 0.29) is 38.6 Å². The molecule has 1 saturated carbocycles. The summed E-state index contributed by atoms with van der Waals surface area (Å²) in [5.41, 5.74) is -1.93. The number of carbonyl (C=O) groups excluding carboxylic acids is 2. The maximum atomic E-state index is 11.7. The largest absolute Gasteiger partial charge is 0.456 e. The first-order valence-electron chi connectivity index (χ1n) is 24.8. The molecule has 0 spiro atoms. The van der Waals surface area contributed by atoms with E-state index in [4.69, 9.17) is 28.4 Å². The lowest BCUT2D eigenvalue weighted by Gasteiger charge is -2.45. The van der Waals surface area contributed by atoms with Gasteiger partial charge in [-0.1, -0.05) is 66.7 Å². The van der Waals surface area contributed by atoms with Crippen molar-refractivity contribution in [1.29, 1.82) is 0 Å². The molecule has 0 saturated heterocycles. The molecule has 0 heterocycles. The summed E-state index contributed by atoms with van der Waals surface area (Å²) in [6.45, 7) is 50.9. The van der Waals surface area contributed by atoms with Gasteiger partial charge >= 0.3 is 11.9 Å². The maximum Gasteiger partial charge on any atom is 0.330 e. The van der Waals surface area contributed by atoms with Crippen molar-refractivity contribution < 1.29 is 38.0 Å². The molecule has 1 fully saturated rings. The molecule has 0 bridgehead atoms. The van der Waals surface area contributed by atoms with Crippen LogP contribution < -0.4 is 0 Å². The molecule has 1 rings (SSSR count). The van der Waals surface area contributed by atoms with Crippen LogP contribution in [0.15, 0.2) is 38.0 Å². The summed E-state index contributed by atoms with van der Waals surface area (Å²) < 4.78 is 36.8. The fourth-order valence-electron chi connectivity index (χ4n) is 9.05. The van der Waals surface area contributed by atoms with Crippen LogP contribution in [0.4, 0.5) is 0 Å². The minimum absolute atomic E-state index is 0.0174. The molecule has 4 unspecified atom stereocenters. The zero-order valence-corrected chi connectivity index (χ0v) is 45.7. The second kappa shape index (κ2) is 25.7. The predicted molar refractivity (Wildman–Crippen MR) is 272 cm³/mol. The van der Waals surface area contributed by atoms with Gasteiger partial charge in [-0.2, -0.15) is 0 Å². The lowest BCUT2D eigenvalue weighted by Crippen LogP contribution is -2.43. The van der Waals surface area contributed by atoms with Crippen LogP contribution in [0, 0.1) is 28.1 Å². The minimum atomic E-state index is -0.599. The third-order valence-electron chi connectivity index (χ3n) is 14.9. The summed E-state index contributed by atoms with van der Waals surface area (Å²) in [6.07, 6.45) is 20.6. The van der Waals surface area contributed by atoms with Crippen molar-refractivity contribution in [2.24, 2.45) is 28.1 Å². The van der Waals surface area contributed by atoms with E-state index in [1.165, 1.54) is 44.0 Å². The molecule has 64 heavy (non-hydrogen) atoms. The number of allylic oxidation sites excluding steroid dienone is 1. The Kier molecular flexibility index (Phi) is 24.3. The van der Waals surface area contributed by atoms with Gasteiger partial charge in [0.05, 0.1) is 35.6 Å². The van der Waals surface area contributed by atoms with Gasteiger partial charge in [-0.3, -0.25) is 0 Å². The van der Waals surface area contributed by atoms with Gasteiger partial charge in [0.2, 0.25) is 0 Å². The normalized spacial score (nSPS) is 19.8. The summed E-state index contributed by atoms with van der Waals surface area (Å²) in [5.74, 6) is 0.458. The standard InChI is InChI=1S/C55H101O8P/c1-21-43-40-55(20,41-51(12,13)58-35-26-24-30-47(4,5)53(16,17)60-37-33-49(8,9)62-45(56)22-2)32-28-44(43)29-39-64-42-52(14,15)59-36-27-25-31-48(6,7)54(18,19)61-38-34-50(10,11)63-46(57)23-3/h21-23,43-44,64H,1-3,24-42H2,4-20H3. The summed E-state index contributed by atoms with van der Waals surface area (Å²) >= 11 is 0. The van der Waals surface area contributed by atoms with E-state index in [0.717, 1.165) is 72.9 Å². The SMILES string of the molecule is C=CC(=O)OC(C)(C)CCOC(C)(C)C(C)(C)CCCCOC(C)(C)CPCCC1CCC(C)(CC(C)(C)OCCCCC(C)(C)C(C)(C)OCCC(C)(C)OC(=O)C=C)CC1C=C. The molecule has 8 nitrogen and oxygen atoms in total. The minimum Gasteiger partial charge on any atom is -0.456 e. The number of hydrogen-bond acceptors (Lipinski definition) is 8. The Labute approximate surface area is 396 Å². The van der Waals surface area contributed by atoms with Crippen molar-refractivity contribution in [2.45, 2.75) is 235 Å². The number of rotatable bonds is 34. The van der Waals surface area contributed by atoms with Crippen molar-refractivity contribution in [3.63, 3.8) is 0 Å². The Morgan fingerprint density at radius 1 is 0.594 bits per heavy atom. The Morgan fingerprint density at radius 2 is 1.03 bits per heavy atom. The number of carbonyl (C=O) groups is 2. The molecule has 0 radical (unpaired) electrons. The van der Waals surface area contributed by atoms with Crippen LogP contribution in [0.25, 0.3) is 0 Å². The number of ether oxygens (including phenoxy) is 6. The van der Waals surface area contributed by atoms with Gasteiger partial charge in [0.15, 0.2) is 0 Å². The second-order valence-electron chi connectivity index (χ2n) is 24.2. The molecule has 0 aromatic heterocycles. The Balaban J connectivity index is 2.44. The van der Waals surface area contributed by atoms with Crippen molar-refractivity contribution in [1.82, 2.24) is 0 Å². The summed E-state index contributed by atoms with van der Waals surface area (Å²) in [6, 6.07) is 0. The lowest BCUT2D eigenvalue weighted by molar-refractivity contribution is -0.157. The topological polar surface area (TPSA) is 89.5 Å². The summed E-state index contributed by atoms with van der Waals surface area (Å²) in [7, 11) is 0.901. The molecule has 0 amide bonds. The van der Waals surface area contributed by atoms with E-state index >= 15 is 0 Å². The first kappa shape index (κ1) is 60.4. The van der Waals surface area contributed by atoms with E-state index < -0.39 is 23.1 Å². The van der Waals surface area contributed by atoms with Gasteiger partial charge in [-0.25, -0.2) is 9.59 Å². The van der Waals surface area contributed by atoms with Gasteiger partial charge in [-0.15, -0.1) is 15.2 Å². The van der Waals surface area contributed by atoms with Gasteiger partial charge in [0.1, 0.15) is 11.2 Å². The molecule has 1 aliphatic rings. The number of esters is 2. The smallest absolute Gasteiger partial charge is 0.330 e. The van der Waals surface area contributed by atoms with Crippen LogP contribution in [0.5, 0.6) is 0 Å². The zero-order chi connectivity index (χ0) is 49.3. The molecule has 1 aliphatic carbocycles. The van der Waals surface area contributed by atoms with E-state index in [2.05, 4.69) is 116 Å². The van der Waals surface area contributed by atoms with E-state index in [0.29, 0.717) is 37.9 Å². The van der Waals surface area contributed by atoms with Crippen molar-refractivity contribution in [2.75, 3.05) is 38.8 Å². The molecule has 0 aromatic carbocycles. The van der Waals surface area contributed by atoms with Crippen LogP contribution >= 0.6 is 8.58 Å². The van der Waals surface area contributed by atoms with Crippen LogP contribution in [-0.4, -0.2) is 84.3 Å². The highest BCUT2D eigenvalue weighted by atomic mass is 31.1. The molecule has 374 valence electrons. The Morgan fingerprint density at radius 3 is 1.45 bits per heavy atom. The van der Waals surface area contributed by atoms with Gasteiger partial charge in [0.25, 0.3) is 0 Å². The van der Waals surface area contributed by atoms with Crippen LogP contribution in [0.3, 0.4) is 0 Å². The van der Waals surface area contributed by atoms with Gasteiger partial charge in [0, 0.05) is 38.2 Å². The average molecular weight is 921 g/mol. The maximum absolute atomic E-state index is 11.7. The molecule has 9 heteroatoms. The van der Waals surface area contributed by atoms with E-state index in [1.54, 1.807) is 0 Å². The average Bonchev–Trinajstić information content (AvgIpc) is 3.15. The molecular formula is C55H101O8P. The first-order chi connectivity index (χ1) is 29.2. The second-order valence-corrected chi connectivity index (χ2v) is 25.6. The highest BCUT2D eigenvalue weighted by molar-refractivity contribution is 7.38. The van der Waals surface area contributed by atoms with Gasteiger partial charge < -0.3 is 28.4 Å². The molecule has 0 aromatic rings. The highest BCUT2D eigenvalue weighted by Crippen LogP contribution is 2.49. The van der Waals surface area contributed by atoms with Crippen molar-refractivity contribution >= 4 is 20.5 Å². The fraction of sp³-hybridized carbons (Fsp3) is 0.855. The molecule has 4 atom stereocenters. The van der Waals surface area contributed by atoms with E-state index in [1.807, 2.05) is 27.7 Å². The third kappa shape index (κ3) is 22.5. The Bertz CT molecular complexity index is 1440. The predicted octanol–water partition coefficient (Wildman–Crippen LogP) is 14.4. The highest BCUT2D eigenvalue weighted by Gasteiger charge is 2.42. The molecular weight excluding hydrogens is 820 g/mol. The van der Waals surface area contributed by atoms with Gasteiger partial charge in [-0.05, 0) is 181 Å². The number of hydrogen-bond donors (Lipinski definition) is 0. The van der Waals surface area contributed by atoms with E-state index in [9.17, 15) is 9.59 Å². The third-order valence-corrected chi connectivity index (χ3v) is 16.7. The van der Waals surface area contributed by atoms with Crippen LogP contribution in [0.2, 0.25) is 0 Å². The molecule has 0 N–H and O–H groups in total.